The predicted octanol–water partition coefficient (Wildman–Crippen LogP) is 7.29. The molecule has 0 N–H and O–H groups in total. The number of rotatable bonds is 3. The Morgan fingerprint density at radius 3 is 2.52 bits per heavy atom. The Labute approximate surface area is 202 Å². The maximum atomic E-state index is 13.4. The highest BCUT2D eigenvalue weighted by atomic mass is 32.2. The first kappa shape index (κ1) is 22.1. The lowest BCUT2D eigenvalue weighted by Crippen LogP contribution is -2.54. The van der Waals surface area contributed by atoms with Crippen molar-refractivity contribution in [3.8, 4) is 6.07 Å². The van der Waals surface area contributed by atoms with E-state index < -0.39 is 10.8 Å². The molecule has 4 saturated carbocycles. The monoisotopic (exact) mass is 461 g/mol. The van der Waals surface area contributed by atoms with Gasteiger partial charge >= 0.3 is 0 Å². The third-order valence-corrected chi connectivity index (χ3v) is 12.5. The summed E-state index contributed by atoms with van der Waals surface area (Å²) >= 11 is 0. The molecular formula is C30H39NOS. The zero-order chi connectivity index (χ0) is 22.4. The summed E-state index contributed by atoms with van der Waals surface area (Å²) in [7, 11) is -0.878. The van der Waals surface area contributed by atoms with Crippen molar-refractivity contribution in [2.75, 3.05) is 5.75 Å². The molecular weight excluding hydrogens is 422 g/mol. The first-order valence-corrected chi connectivity index (χ1v) is 15.0. The molecule has 1 aromatic carbocycles. The van der Waals surface area contributed by atoms with Crippen molar-refractivity contribution in [1.82, 2.24) is 0 Å². The number of hydrogen-bond acceptors (Lipinski definition) is 2. The van der Waals surface area contributed by atoms with E-state index in [9.17, 15) is 9.47 Å². The van der Waals surface area contributed by atoms with E-state index in [-0.39, 0.29) is 0 Å². The molecule has 9 atom stereocenters. The topological polar surface area (TPSA) is 40.9 Å². The molecule has 0 aliphatic heterocycles. The molecule has 5 aliphatic carbocycles. The lowest BCUT2D eigenvalue weighted by atomic mass is 9.45. The molecule has 2 nitrogen and oxygen atoms in total. The van der Waals surface area contributed by atoms with Crippen LogP contribution >= 0.6 is 0 Å². The van der Waals surface area contributed by atoms with Crippen LogP contribution in [0.15, 0.2) is 46.9 Å². The van der Waals surface area contributed by atoms with E-state index in [1.165, 1.54) is 70.6 Å². The molecule has 5 aliphatic rings. The minimum absolute atomic E-state index is 0.308. The van der Waals surface area contributed by atoms with Crippen molar-refractivity contribution in [3.63, 3.8) is 0 Å². The van der Waals surface area contributed by atoms with Crippen LogP contribution < -0.4 is 0 Å². The second-order valence-corrected chi connectivity index (χ2v) is 13.5. The van der Waals surface area contributed by atoms with Crippen molar-refractivity contribution >= 4 is 10.8 Å². The highest BCUT2D eigenvalue weighted by Gasteiger charge is 2.56. The molecule has 0 spiro atoms. The van der Waals surface area contributed by atoms with Gasteiger partial charge in [0.1, 0.15) is 0 Å². The lowest BCUT2D eigenvalue weighted by molar-refractivity contribution is -0.0942. The number of benzene rings is 1. The quantitative estimate of drug-likeness (QED) is 0.474. The molecule has 0 bridgehead atoms. The van der Waals surface area contributed by atoms with Crippen LogP contribution in [0.3, 0.4) is 0 Å². The molecule has 0 saturated heterocycles. The van der Waals surface area contributed by atoms with Gasteiger partial charge in [0.2, 0.25) is 0 Å². The van der Waals surface area contributed by atoms with Gasteiger partial charge in [-0.05, 0) is 123 Å². The number of fused-ring (bicyclic) bond motifs is 7. The Hall–Kier alpha value is -1.40. The fourth-order valence-corrected chi connectivity index (χ4v) is 11.2. The first-order valence-electron chi connectivity index (χ1n) is 13.7. The van der Waals surface area contributed by atoms with Crippen molar-refractivity contribution in [2.45, 2.75) is 81.9 Å². The van der Waals surface area contributed by atoms with Gasteiger partial charge in [-0.1, -0.05) is 37.1 Å². The van der Waals surface area contributed by atoms with E-state index >= 15 is 0 Å². The Kier molecular flexibility index (Phi) is 6.02. The molecule has 0 amide bonds. The molecule has 6 rings (SSSR count). The van der Waals surface area contributed by atoms with Crippen molar-refractivity contribution in [3.05, 3.63) is 42.0 Å². The Morgan fingerprint density at radius 2 is 1.67 bits per heavy atom. The average molecular weight is 462 g/mol. The number of nitrogens with zero attached hydrogens (tertiary/aromatic N) is 1. The number of allylic oxidation sites excluding steroid dienone is 2. The van der Waals surface area contributed by atoms with Crippen LogP contribution in [-0.4, -0.2) is 9.96 Å². The summed E-state index contributed by atoms with van der Waals surface area (Å²) in [6.07, 6.45) is 18.3. The van der Waals surface area contributed by atoms with Gasteiger partial charge in [0, 0.05) is 16.2 Å². The standard InChI is InChI=1S/C30H39NOS/c31-19-21-9-10-22-11-12-24-25(28(22)18-21)13-14-27-26(24)15-17-30(16-5-4-8-29(27)30)20-33(32)23-6-2-1-3-7-23/h1-3,6-7,18,22,24-29H,4-5,8-17,20H2. The smallest absolute Gasteiger partial charge is 0.0943 e. The zero-order valence-corrected chi connectivity index (χ0v) is 20.8. The van der Waals surface area contributed by atoms with Crippen LogP contribution in [-0.2, 0) is 10.8 Å². The predicted molar refractivity (Wildman–Crippen MR) is 134 cm³/mol. The third kappa shape index (κ3) is 3.85. The summed E-state index contributed by atoms with van der Waals surface area (Å²) in [4.78, 5) is 1.03. The molecule has 4 fully saturated rings. The fraction of sp³-hybridized carbons (Fsp3) is 0.700. The van der Waals surface area contributed by atoms with Crippen molar-refractivity contribution in [1.29, 1.82) is 5.26 Å². The van der Waals surface area contributed by atoms with E-state index in [1.54, 1.807) is 0 Å². The molecule has 1 aromatic rings. The SMILES string of the molecule is N#CC1=CC2C(CC1)CCC1C2CCC2C1CCC1(CS(=O)c3ccccc3)CCCCC21. The van der Waals surface area contributed by atoms with E-state index in [0.717, 1.165) is 58.1 Å². The van der Waals surface area contributed by atoms with Crippen LogP contribution in [0.2, 0.25) is 0 Å². The van der Waals surface area contributed by atoms with Gasteiger partial charge in [-0.15, -0.1) is 0 Å². The Morgan fingerprint density at radius 1 is 0.879 bits per heavy atom. The van der Waals surface area contributed by atoms with Gasteiger partial charge in [0.15, 0.2) is 0 Å². The average Bonchev–Trinajstić information content (AvgIpc) is 2.88. The Balaban J connectivity index is 1.24. The second-order valence-electron chi connectivity index (χ2n) is 12.0. The maximum absolute atomic E-state index is 13.4. The van der Waals surface area contributed by atoms with E-state index in [2.05, 4.69) is 24.3 Å². The summed E-state index contributed by atoms with van der Waals surface area (Å²) in [5.41, 5.74) is 1.38. The second kappa shape index (κ2) is 8.99. The minimum Gasteiger partial charge on any atom is -0.254 e. The van der Waals surface area contributed by atoms with Crippen LogP contribution in [0, 0.1) is 58.2 Å². The van der Waals surface area contributed by atoms with Gasteiger partial charge in [-0.3, -0.25) is 4.21 Å². The summed E-state index contributed by atoms with van der Waals surface area (Å²) in [5.74, 6) is 6.62. The molecule has 0 heterocycles. The molecule has 9 unspecified atom stereocenters. The third-order valence-electron chi connectivity index (χ3n) is 10.9. The highest BCUT2D eigenvalue weighted by molar-refractivity contribution is 7.85. The molecule has 3 heteroatoms. The highest BCUT2D eigenvalue weighted by Crippen LogP contribution is 2.63. The van der Waals surface area contributed by atoms with Gasteiger partial charge in [0.05, 0.1) is 16.9 Å². The largest absolute Gasteiger partial charge is 0.254 e. The van der Waals surface area contributed by atoms with Gasteiger partial charge in [0.25, 0.3) is 0 Å². The van der Waals surface area contributed by atoms with E-state index in [4.69, 9.17) is 0 Å². The molecule has 0 radical (unpaired) electrons. The number of nitriles is 1. The first-order chi connectivity index (χ1) is 16.2. The van der Waals surface area contributed by atoms with Gasteiger partial charge < -0.3 is 0 Å². The lowest BCUT2D eigenvalue weighted by Gasteiger charge is -2.60. The summed E-state index contributed by atoms with van der Waals surface area (Å²) < 4.78 is 13.4. The maximum Gasteiger partial charge on any atom is 0.0943 e. The fourth-order valence-electron chi connectivity index (χ4n) is 9.51. The molecule has 33 heavy (non-hydrogen) atoms. The van der Waals surface area contributed by atoms with Gasteiger partial charge in [-0.2, -0.15) is 5.26 Å². The van der Waals surface area contributed by atoms with Crippen LogP contribution in [0.4, 0.5) is 0 Å². The van der Waals surface area contributed by atoms with Crippen LogP contribution in [0.1, 0.15) is 77.0 Å². The summed E-state index contributed by atoms with van der Waals surface area (Å²) in [6, 6.07) is 12.7. The van der Waals surface area contributed by atoms with E-state index in [1.807, 2.05) is 18.2 Å². The number of hydrogen-bond donors (Lipinski definition) is 0. The Bertz CT molecular complexity index is 963. The van der Waals surface area contributed by atoms with Crippen LogP contribution in [0.5, 0.6) is 0 Å². The van der Waals surface area contributed by atoms with Crippen molar-refractivity contribution < 1.29 is 4.21 Å². The van der Waals surface area contributed by atoms with Crippen molar-refractivity contribution in [2.24, 2.45) is 46.8 Å². The van der Waals surface area contributed by atoms with Gasteiger partial charge in [-0.25, -0.2) is 0 Å². The summed E-state index contributed by atoms with van der Waals surface area (Å²) in [5, 5.41) is 9.53. The minimum atomic E-state index is -0.878. The zero-order valence-electron chi connectivity index (χ0n) is 20.0. The van der Waals surface area contributed by atoms with Crippen LogP contribution in [0.25, 0.3) is 0 Å². The van der Waals surface area contributed by atoms with E-state index in [0.29, 0.717) is 11.3 Å². The molecule has 176 valence electrons. The summed E-state index contributed by atoms with van der Waals surface area (Å²) in [6.45, 7) is 0. The normalized spacial score (nSPS) is 43.0. The molecule has 0 aromatic heterocycles.